The van der Waals surface area contributed by atoms with Crippen LogP contribution in [0.3, 0.4) is 0 Å². The molecule has 0 amide bonds. The Balaban J connectivity index is 1.10. The number of rotatable bonds is 5. The molecule has 0 aliphatic carbocycles. The van der Waals surface area contributed by atoms with E-state index in [-0.39, 0.29) is 0 Å². The van der Waals surface area contributed by atoms with Crippen LogP contribution in [-0.4, -0.2) is 9.38 Å². The van der Waals surface area contributed by atoms with Gasteiger partial charge in [0, 0.05) is 26.7 Å². The highest BCUT2D eigenvalue weighted by Crippen LogP contribution is 2.45. The molecule has 3 nitrogen and oxygen atoms in total. The highest BCUT2D eigenvalue weighted by atomic mass is 31.2. The summed E-state index contributed by atoms with van der Waals surface area (Å²) in [5, 5.41) is 8.19. The van der Waals surface area contributed by atoms with Gasteiger partial charge in [-0.2, -0.15) is 0 Å². The van der Waals surface area contributed by atoms with Crippen molar-refractivity contribution in [2.45, 2.75) is 0 Å². The van der Waals surface area contributed by atoms with Gasteiger partial charge in [-0.25, -0.2) is 4.98 Å². The number of nitrogens with zero attached hydrogens (tertiary/aromatic N) is 2. The van der Waals surface area contributed by atoms with Gasteiger partial charge in [0.15, 0.2) is 7.14 Å². The standard InChI is InChI=1S/C47H31N2OP/c50-51(35-13-3-1-4-14-35,36-15-5-2-6-16-36)46-24-12-20-38-37(19-11-21-41(38)46)33-27-25-32(26-28-33)34-29-30-40-39-17-7-8-18-42(39)47-48-43-22-9-10-23-44(43)49(47)45(40)31-34/h1-31H. The van der Waals surface area contributed by atoms with Crippen molar-refractivity contribution >= 4 is 72.2 Å². The van der Waals surface area contributed by atoms with Crippen molar-refractivity contribution in [3.05, 3.63) is 188 Å². The fraction of sp³-hybridized carbons (Fsp3) is 0. The molecule has 4 heteroatoms. The Morgan fingerprint density at radius 3 is 1.76 bits per heavy atom. The summed E-state index contributed by atoms with van der Waals surface area (Å²) in [6.07, 6.45) is 0. The van der Waals surface area contributed by atoms with Gasteiger partial charge in [-0.15, -0.1) is 0 Å². The number of aromatic nitrogens is 2. The molecule has 0 radical (unpaired) electrons. The lowest BCUT2D eigenvalue weighted by Gasteiger charge is -2.22. The first-order valence-corrected chi connectivity index (χ1v) is 19.0. The molecule has 240 valence electrons. The molecule has 10 rings (SSSR count). The van der Waals surface area contributed by atoms with E-state index < -0.39 is 7.14 Å². The molecule has 0 saturated carbocycles. The van der Waals surface area contributed by atoms with E-state index in [1.165, 1.54) is 10.8 Å². The normalized spacial score (nSPS) is 12.0. The third-order valence-electron chi connectivity index (χ3n) is 10.3. The summed E-state index contributed by atoms with van der Waals surface area (Å²) in [7, 11) is -3.15. The van der Waals surface area contributed by atoms with Crippen LogP contribution < -0.4 is 15.9 Å². The Hall–Kier alpha value is -6.28. The summed E-state index contributed by atoms with van der Waals surface area (Å²) in [5.74, 6) is 0. The molecule has 2 aromatic heterocycles. The molecule has 8 aromatic carbocycles. The Morgan fingerprint density at radius 1 is 0.412 bits per heavy atom. The smallest absolute Gasteiger partial charge is 0.171 e. The number of fused-ring (bicyclic) bond motifs is 9. The molecule has 0 atom stereocenters. The van der Waals surface area contributed by atoms with Crippen molar-refractivity contribution in [3.8, 4) is 22.3 Å². The van der Waals surface area contributed by atoms with Gasteiger partial charge in [-0.05, 0) is 56.6 Å². The molecule has 0 fully saturated rings. The summed E-state index contributed by atoms with van der Waals surface area (Å²) < 4.78 is 17.7. The van der Waals surface area contributed by atoms with Crippen molar-refractivity contribution < 1.29 is 4.57 Å². The van der Waals surface area contributed by atoms with Crippen LogP contribution in [0.2, 0.25) is 0 Å². The average molecular weight is 671 g/mol. The Morgan fingerprint density at radius 2 is 1.00 bits per heavy atom. The molecule has 0 bridgehead atoms. The van der Waals surface area contributed by atoms with Crippen molar-refractivity contribution in [3.63, 3.8) is 0 Å². The van der Waals surface area contributed by atoms with Gasteiger partial charge in [-0.3, -0.25) is 4.40 Å². The topological polar surface area (TPSA) is 34.4 Å². The lowest BCUT2D eigenvalue weighted by atomic mass is 9.95. The lowest BCUT2D eigenvalue weighted by Crippen LogP contribution is -2.25. The minimum Gasteiger partial charge on any atom is -0.309 e. The van der Waals surface area contributed by atoms with Crippen LogP contribution in [0.25, 0.3) is 71.4 Å². The van der Waals surface area contributed by atoms with E-state index in [0.29, 0.717) is 0 Å². The van der Waals surface area contributed by atoms with Gasteiger partial charge in [0.25, 0.3) is 0 Å². The number of benzene rings is 8. The highest BCUT2D eigenvalue weighted by Gasteiger charge is 2.31. The molecular weight excluding hydrogens is 640 g/mol. The summed E-state index contributed by atoms with van der Waals surface area (Å²) in [5.41, 5.74) is 8.74. The van der Waals surface area contributed by atoms with Crippen molar-refractivity contribution in [1.82, 2.24) is 9.38 Å². The Bertz CT molecular complexity index is 2940. The van der Waals surface area contributed by atoms with Crippen LogP contribution in [-0.2, 0) is 4.57 Å². The zero-order chi connectivity index (χ0) is 33.9. The van der Waals surface area contributed by atoms with Gasteiger partial charge >= 0.3 is 0 Å². The van der Waals surface area contributed by atoms with Crippen LogP contribution >= 0.6 is 7.14 Å². The lowest BCUT2D eigenvalue weighted by molar-refractivity contribution is 0.592. The zero-order valence-electron chi connectivity index (χ0n) is 27.6. The van der Waals surface area contributed by atoms with Crippen LogP contribution in [0.4, 0.5) is 0 Å². The van der Waals surface area contributed by atoms with Crippen LogP contribution in [0, 0.1) is 0 Å². The van der Waals surface area contributed by atoms with E-state index >= 15 is 4.57 Å². The van der Waals surface area contributed by atoms with Gasteiger partial charge in [0.1, 0.15) is 5.65 Å². The van der Waals surface area contributed by atoms with E-state index in [4.69, 9.17) is 4.98 Å². The highest BCUT2D eigenvalue weighted by molar-refractivity contribution is 7.85. The SMILES string of the molecule is O=P(c1ccccc1)(c1ccccc1)c1cccc2c(-c3ccc(-c4ccc5c6ccccc6c6nc7ccccc7n6c5c4)cc3)cccc12. The van der Waals surface area contributed by atoms with E-state index in [1.807, 2.05) is 78.9 Å². The molecular formula is C47H31N2OP. The molecule has 0 aliphatic heterocycles. The molecule has 0 spiro atoms. The van der Waals surface area contributed by atoms with Crippen molar-refractivity contribution in [2.24, 2.45) is 0 Å². The minimum absolute atomic E-state index is 0.836. The van der Waals surface area contributed by atoms with Gasteiger partial charge < -0.3 is 4.57 Å². The molecule has 51 heavy (non-hydrogen) atoms. The Kier molecular flexibility index (Phi) is 6.77. The van der Waals surface area contributed by atoms with Crippen molar-refractivity contribution in [1.29, 1.82) is 0 Å². The number of hydrogen-bond donors (Lipinski definition) is 0. The molecule has 2 heterocycles. The summed E-state index contributed by atoms with van der Waals surface area (Å²) in [6, 6.07) is 64.9. The first-order chi connectivity index (χ1) is 25.2. The molecule has 0 N–H and O–H groups in total. The van der Waals surface area contributed by atoms with E-state index in [1.54, 1.807) is 0 Å². The maximum absolute atomic E-state index is 15.4. The minimum atomic E-state index is -3.15. The fourth-order valence-corrected chi connectivity index (χ4v) is 10.7. The zero-order valence-corrected chi connectivity index (χ0v) is 28.5. The van der Waals surface area contributed by atoms with Crippen molar-refractivity contribution in [2.75, 3.05) is 0 Å². The molecule has 0 saturated heterocycles. The molecule has 0 aliphatic rings. The van der Waals surface area contributed by atoms with E-state index in [0.717, 1.165) is 76.5 Å². The maximum atomic E-state index is 15.4. The second-order valence-corrected chi connectivity index (χ2v) is 15.8. The fourth-order valence-electron chi connectivity index (χ4n) is 7.85. The quantitative estimate of drug-likeness (QED) is 0.135. The monoisotopic (exact) mass is 670 g/mol. The predicted octanol–water partition coefficient (Wildman–Crippen LogP) is 10.9. The number of pyridine rings is 1. The van der Waals surface area contributed by atoms with Crippen LogP contribution in [0.1, 0.15) is 0 Å². The summed E-state index contributed by atoms with van der Waals surface area (Å²) in [6.45, 7) is 0. The first-order valence-electron chi connectivity index (χ1n) is 17.2. The largest absolute Gasteiger partial charge is 0.309 e. The van der Waals surface area contributed by atoms with E-state index in [2.05, 4.69) is 114 Å². The van der Waals surface area contributed by atoms with Crippen LogP contribution in [0.15, 0.2) is 188 Å². The second-order valence-electron chi connectivity index (χ2n) is 13.1. The number of para-hydroxylation sites is 2. The average Bonchev–Trinajstić information content (AvgIpc) is 3.61. The predicted molar refractivity (Wildman–Crippen MR) is 215 cm³/mol. The van der Waals surface area contributed by atoms with Gasteiger partial charge in [0.05, 0.1) is 16.6 Å². The number of hydrogen-bond acceptors (Lipinski definition) is 2. The third-order valence-corrected chi connectivity index (χ3v) is 13.4. The van der Waals surface area contributed by atoms with Gasteiger partial charge in [0.2, 0.25) is 0 Å². The molecule has 10 aromatic rings. The third kappa shape index (κ3) is 4.59. The summed E-state index contributed by atoms with van der Waals surface area (Å²) >= 11 is 0. The van der Waals surface area contributed by atoms with Gasteiger partial charge in [-0.1, -0.05) is 170 Å². The first kappa shape index (κ1) is 29.6. The maximum Gasteiger partial charge on any atom is 0.171 e. The second kappa shape index (κ2) is 11.7. The van der Waals surface area contributed by atoms with Crippen LogP contribution in [0.5, 0.6) is 0 Å². The molecule has 0 unspecified atom stereocenters. The Labute approximate surface area is 295 Å². The summed E-state index contributed by atoms with van der Waals surface area (Å²) in [4.78, 5) is 5.07. The number of imidazole rings is 1. The van der Waals surface area contributed by atoms with E-state index in [9.17, 15) is 0 Å².